The fourth-order valence-electron chi connectivity index (χ4n) is 2.12. The van der Waals surface area contributed by atoms with E-state index in [1.165, 1.54) is 0 Å². The second-order valence-corrected chi connectivity index (χ2v) is 3.94. The summed E-state index contributed by atoms with van der Waals surface area (Å²) in [4.78, 5) is 18.1. The molecule has 0 bridgehead atoms. The lowest BCUT2D eigenvalue weighted by atomic mass is 9.96. The van der Waals surface area contributed by atoms with Crippen molar-refractivity contribution in [2.24, 2.45) is 10.9 Å². The van der Waals surface area contributed by atoms with E-state index in [1.54, 1.807) is 0 Å². The number of hydrogen-bond acceptors (Lipinski definition) is 3. The number of nitrogens with one attached hydrogen (secondary N) is 1. The number of aliphatic imine (C=N–C) groups is 1. The molecule has 0 atom stereocenters. The first kappa shape index (κ1) is 9.65. The molecule has 78 valence electrons. The van der Waals surface area contributed by atoms with Crippen LogP contribution in [0.15, 0.2) is 4.99 Å². The van der Waals surface area contributed by atoms with Gasteiger partial charge in [0.1, 0.15) is 5.84 Å². The summed E-state index contributed by atoms with van der Waals surface area (Å²) in [5.41, 5.74) is 0. The molecule has 0 aliphatic carbocycles. The van der Waals surface area contributed by atoms with Gasteiger partial charge < -0.3 is 5.32 Å². The van der Waals surface area contributed by atoms with Crippen molar-refractivity contribution in [2.45, 2.75) is 19.8 Å². The van der Waals surface area contributed by atoms with Crippen LogP contribution in [0.3, 0.4) is 0 Å². The van der Waals surface area contributed by atoms with Crippen molar-refractivity contribution in [3.8, 4) is 0 Å². The van der Waals surface area contributed by atoms with Crippen LogP contribution in [0.4, 0.5) is 0 Å². The first-order valence-electron chi connectivity index (χ1n) is 5.32. The fourth-order valence-corrected chi connectivity index (χ4v) is 2.12. The zero-order chi connectivity index (χ0) is 9.97. The highest BCUT2D eigenvalue weighted by Crippen LogP contribution is 2.16. The highest BCUT2D eigenvalue weighted by Gasteiger charge is 2.28. The van der Waals surface area contributed by atoms with Gasteiger partial charge in [0.25, 0.3) is 0 Å². The third-order valence-corrected chi connectivity index (χ3v) is 3.01. The minimum Gasteiger partial charge on any atom is -0.317 e. The fraction of sp³-hybridized carbons (Fsp3) is 0.800. The van der Waals surface area contributed by atoms with E-state index in [2.05, 4.69) is 10.3 Å². The summed E-state index contributed by atoms with van der Waals surface area (Å²) < 4.78 is 0. The maximum Gasteiger partial charge on any atom is 0.231 e. The van der Waals surface area contributed by atoms with E-state index in [-0.39, 0.29) is 11.8 Å². The van der Waals surface area contributed by atoms with Crippen molar-refractivity contribution in [2.75, 3.05) is 26.2 Å². The number of amidine groups is 1. The summed E-state index contributed by atoms with van der Waals surface area (Å²) in [7, 11) is 0. The molecule has 1 fully saturated rings. The van der Waals surface area contributed by atoms with Gasteiger partial charge in [-0.3, -0.25) is 14.7 Å². The Labute approximate surface area is 84.4 Å². The summed E-state index contributed by atoms with van der Waals surface area (Å²) in [5, 5.41) is 3.27. The van der Waals surface area contributed by atoms with Crippen LogP contribution in [0.2, 0.25) is 0 Å². The SMILES string of the molecule is CC1=NCCN1C(=O)C1CCNCC1. The molecular formula is C10H17N3O. The van der Waals surface area contributed by atoms with Crippen LogP contribution in [0, 0.1) is 5.92 Å². The molecule has 4 nitrogen and oxygen atoms in total. The topological polar surface area (TPSA) is 44.7 Å². The lowest BCUT2D eigenvalue weighted by molar-refractivity contribution is -0.132. The molecule has 1 N–H and O–H groups in total. The van der Waals surface area contributed by atoms with Crippen LogP contribution in [-0.2, 0) is 4.79 Å². The van der Waals surface area contributed by atoms with Crippen molar-refractivity contribution in [1.29, 1.82) is 0 Å². The Morgan fingerprint density at radius 2 is 2.21 bits per heavy atom. The third-order valence-electron chi connectivity index (χ3n) is 3.01. The van der Waals surface area contributed by atoms with E-state index in [4.69, 9.17) is 0 Å². The number of carbonyl (C=O) groups is 1. The first-order chi connectivity index (χ1) is 6.79. The molecule has 2 aliphatic rings. The lowest BCUT2D eigenvalue weighted by Gasteiger charge is -2.26. The normalized spacial score (nSPS) is 23.8. The maximum absolute atomic E-state index is 12.0. The zero-order valence-electron chi connectivity index (χ0n) is 8.62. The van der Waals surface area contributed by atoms with Gasteiger partial charge in [-0.15, -0.1) is 0 Å². The van der Waals surface area contributed by atoms with Crippen LogP contribution in [0.5, 0.6) is 0 Å². The predicted octanol–water partition coefficient (Wildman–Crippen LogP) is 0.247. The van der Waals surface area contributed by atoms with Crippen LogP contribution in [-0.4, -0.2) is 42.8 Å². The summed E-state index contributed by atoms with van der Waals surface area (Å²) >= 11 is 0. The van der Waals surface area contributed by atoms with Gasteiger partial charge in [0.05, 0.1) is 6.54 Å². The average Bonchev–Trinajstić information content (AvgIpc) is 2.65. The molecule has 2 rings (SSSR count). The minimum absolute atomic E-state index is 0.222. The molecule has 0 aromatic heterocycles. The second kappa shape index (κ2) is 4.09. The third kappa shape index (κ3) is 1.80. The molecule has 0 radical (unpaired) electrons. The lowest BCUT2D eigenvalue weighted by Crippen LogP contribution is -2.41. The smallest absolute Gasteiger partial charge is 0.231 e. The van der Waals surface area contributed by atoms with Crippen LogP contribution < -0.4 is 5.32 Å². The Kier molecular flexibility index (Phi) is 2.82. The van der Waals surface area contributed by atoms with Gasteiger partial charge in [-0.05, 0) is 32.9 Å². The van der Waals surface area contributed by atoms with Crippen LogP contribution >= 0.6 is 0 Å². The number of hydrogen-bond donors (Lipinski definition) is 1. The molecule has 2 aliphatic heterocycles. The minimum atomic E-state index is 0.222. The number of carbonyl (C=O) groups excluding carboxylic acids is 1. The van der Waals surface area contributed by atoms with Gasteiger partial charge in [-0.2, -0.15) is 0 Å². The Morgan fingerprint density at radius 1 is 1.50 bits per heavy atom. The molecule has 0 aromatic carbocycles. The summed E-state index contributed by atoms with van der Waals surface area (Å²) in [6, 6.07) is 0. The molecule has 0 aromatic rings. The van der Waals surface area contributed by atoms with Crippen molar-refractivity contribution >= 4 is 11.7 Å². The molecule has 4 heteroatoms. The molecule has 0 saturated carbocycles. The van der Waals surface area contributed by atoms with Gasteiger partial charge >= 0.3 is 0 Å². The van der Waals surface area contributed by atoms with Crippen LogP contribution in [0.25, 0.3) is 0 Å². The van der Waals surface area contributed by atoms with Crippen molar-refractivity contribution in [3.63, 3.8) is 0 Å². The largest absolute Gasteiger partial charge is 0.317 e. The Morgan fingerprint density at radius 3 is 2.79 bits per heavy atom. The number of nitrogens with zero attached hydrogens (tertiary/aromatic N) is 2. The summed E-state index contributed by atoms with van der Waals surface area (Å²) in [6.07, 6.45) is 1.95. The van der Waals surface area contributed by atoms with Gasteiger partial charge in [0.2, 0.25) is 5.91 Å². The summed E-state index contributed by atoms with van der Waals surface area (Å²) in [5.74, 6) is 1.40. The maximum atomic E-state index is 12.0. The molecule has 1 saturated heterocycles. The Hall–Kier alpha value is -0.900. The number of piperidine rings is 1. The van der Waals surface area contributed by atoms with Gasteiger partial charge in [-0.1, -0.05) is 0 Å². The molecule has 1 amide bonds. The highest BCUT2D eigenvalue weighted by molar-refractivity contribution is 5.99. The number of rotatable bonds is 1. The average molecular weight is 195 g/mol. The highest BCUT2D eigenvalue weighted by atomic mass is 16.2. The predicted molar refractivity (Wildman–Crippen MR) is 55.3 cm³/mol. The van der Waals surface area contributed by atoms with E-state index in [9.17, 15) is 4.79 Å². The van der Waals surface area contributed by atoms with E-state index in [0.29, 0.717) is 0 Å². The van der Waals surface area contributed by atoms with Crippen molar-refractivity contribution < 1.29 is 4.79 Å². The van der Waals surface area contributed by atoms with E-state index in [1.807, 2.05) is 11.8 Å². The van der Waals surface area contributed by atoms with Gasteiger partial charge in [0.15, 0.2) is 0 Å². The van der Waals surface area contributed by atoms with E-state index in [0.717, 1.165) is 44.9 Å². The monoisotopic (exact) mass is 195 g/mol. The Bertz CT molecular complexity index is 256. The standard InChI is InChI=1S/C10H17N3O/c1-8-12-6-7-13(8)10(14)9-2-4-11-5-3-9/h9,11H,2-7H2,1H3. The summed E-state index contributed by atoms with van der Waals surface area (Å²) in [6.45, 7) is 5.43. The molecule has 14 heavy (non-hydrogen) atoms. The van der Waals surface area contributed by atoms with E-state index >= 15 is 0 Å². The number of amides is 1. The second-order valence-electron chi connectivity index (χ2n) is 3.94. The van der Waals surface area contributed by atoms with E-state index < -0.39 is 0 Å². The van der Waals surface area contributed by atoms with Gasteiger partial charge in [0, 0.05) is 12.5 Å². The zero-order valence-corrected chi connectivity index (χ0v) is 8.62. The van der Waals surface area contributed by atoms with Crippen LogP contribution in [0.1, 0.15) is 19.8 Å². The molecule has 0 spiro atoms. The Balaban J connectivity index is 1.96. The quantitative estimate of drug-likeness (QED) is 0.651. The van der Waals surface area contributed by atoms with Crippen molar-refractivity contribution in [1.82, 2.24) is 10.2 Å². The van der Waals surface area contributed by atoms with Gasteiger partial charge in [-0.25, -0.2) is 0 Å². The van der Waals surface area contributed by atoms with Crippen molar-refractivity contribution in [3.05, 3.63) is 0 Å². The molecular weight excluding hydrogens is 178 g/mol. The first-order valence-corrected chi connectivity index (χ1v) is 5.32. The molecule has 2 heterocycles. The molecule has 0 unspecified atom stereocenters.